The monoisotopic (exact) mass is 474 g/mol. The summed E-state index contributed by atoms with van der Waals surface area (Å²) in [5.41, 5.74) is 3.97. The Balaban J connectivity index is 1.54. The van der Waals surface area contributed by atoms with E-state index in [1.807, 2.05) is 43.9 Å². The minimum absolute atomic E-state index is 0.217. The molecular formula is C25H28Cl2N2O3. The van der Waals surface area contributed by atoms with Crippen LogP contribution >= 0.6 is 23.2 Å². The molecule has 2 aromatic carbocycles. The number of likely N-dealkylation sites (tertiary alicyclic amines) is 1. The molecule has 3 heterocycles. The van der Waals surface area contributed by atoms with E-state index >= 15 is 0 Å². The minimum Gasteiger partial charge on any atom is -0.491 e. The van der Waals surface area contributed by atoms with Crippen molar-refractivity contribution in [2.24, 2.45) is 0 Å². The van der Waals surface area contributed by atoms with Crippen LogP contribution < -0.4 is 9.64 Å². The topological polar surface area (TPSA) is 42.0 Å². The molecule has 1 amide bonds. The van der Waals surface area contributed by atoms with E-state index in [9.17, 15) is 4.79 Å². The van der Waals surface area contributed by atoms with E-state index in [1.165, 1.54) is 11.3 Å². The lowest BCUT2D eigenvalue weighted by Crippen LogP contribution is -2.49. The number of carbonyl (C=O) groups is 1. The van der Waals surface area contributed by atoms with E-state index in [0.717, 1.165) is 36.3 Å². The van der Waals surface area contributed by atoms with Gasteiger partial charge in [0.25, 0.3) is 0 Å². The lowest BCUT2D eigenvalue weighted by Gasteiger charge is -2.39. The van der Waals surface area contributed by atoms with E-state index in [4.69, 9.17) is 32.7 Å². The molecule has 2 atom stereocenters. The number of carbonyl (C=O) groups excluding carboxylic acids is 1. The summed E-state index contributed by atoms with van der Waals surface area (Å²) in [4.78, 5) is 17.2. The van der Waals surface area contributed by atoms with Gasteiger partial charge in [-0.25, -0.2) is 4.79 Å². The van der Waals surface area contributed by atoms with Gasteiger partial charge < -0.3 is 19.3 Å². The SMILES string of the molecule is CC(C)(C)OC(=O)N1CC[C@H]2[C@@H](C1)c1cc(-c3ccc(Cl)c(Cl)c3)cc3c1N2CCCO3. The summed E-state index contributed by atoms with van der Waals surface area (Å²) in [5, 5.41) is 1.07. The minimum atomic E-state index is -0.504. The molecule has 0 spiro atoms. The van der Waals surface area contributed by atoms with Gasteiger partial charge in [0.15, 0.2) is 0 Å². The number of halogens is 2. The number of rotatable bonds is 1. The van der Waals surface area contributed by atoms with Gasteiger partial charge in [-0.1, -0.05) is 29.3 Å². The number of hydrogen-bond acceptors (Lipinski definition) is 4. The molecule has 3 aliphatic heterocycles. The number of ether oxygens (including phenoxy) is 2. The molecular weight excluding hydrogens is 447 g/mol. The van der Waals surface area contributed by atoms with E-state index in [0.29, 0.717) is 35.8 Å². The Kier molecular flexibility index (Phi) is 5.45. The van der Waals surface area contributed by atoms with Crippen molar-refractivity contribution in [1.82, 2.24) is 4.90 Å². The van der Waals surface area contributed by atoms with Gasteiger partial charge in [-0.2, -0.15) is 0 Å². The fourth-order valence-electron chi connectivity index (χ4n) is 5.14. The molecule has 2 aromatic rings. The Bertz CT molecular complexity index is 1070. The largest absolute Gasteiger partial charge is 0.491 e. The number of benzene rings is 2. The van der Waals surface area contributed by atoms with Crippen LogP contribution in [-0.2, 0) is 4.74 Å². The standard InChI is InChI=1S/C25H28Cl2N2O3/c1-25(2,3)32-24(30)28-9-7-21-18(14-28)17-11-16(15-5-6-19(26)20(27)12-15)13-22-23(17)29(21)8-4-10-31-22/h5-6,11-13,18,21H,4,7-10,14H2,1-3H3/t18-,21-/m0/s1. The molecule has 0 aromatic heterocycles. The normalized spacial score (nSPS) is 22.0. The van der Waals surface area contributed by atoms with Crippen LogP contribution in [0.1, 0.15) is 45.1 Å². The first-order valence-corrected chi connectivity index (χ1v) is 12.0. The highest BCUT2D eigenvalue weighted by Gasteiger charge is 2.45. The van der Waals surface area contributed by atoms with Crippen LogP contribution in [-0.4, -0.2) is 48.9 Å². The third-order valence-electron chi connectivity index (χ3n) is 6.47. The molecule has 3 aliphatic rings. The summed E-state index contributed by atoms with van der Waals surface area (Å²) >= 11 is 12.4. The third-order valence-corrected chi connectivity index (χ3v) is 7.21. The van der Waals surface area contributed by atoms with Crippen LogP contribution in [0.15, 0.2) is 30.3 Å². The Morgan fingerprint density at radius 1 is 1.09 bits per heavy atom. The van der Waals surface area contributed by atoms with Crippen LogP contribution in [0.3, 0.4) is 0 Å². The van der Waals surface area contributed by atoms with Crippen LogP contribution in [0, 0.1) is 0 Å². The maximum absolute atomic E-state index is 12.8. The van der Waals surface area contributed by atoms with Gasteiger partial charge in [0.2, 0.25) is 0 Å². The van der Waals surface area contributed by atoms with Crippen LogP contribution in [0.25, 0.3) is 11.1 Å². The second-order valence-corrected chi connectivity index (χ2v) is 10.6. The molecule has 1 saturated heterocycles. The van der Waals surface area contributed by atoms with Gasteiger partial charge in [0, 0.05) is 31.6 Å². The summed E-state index contributed by atoms with van der Waals surface area (Å²) < 4.78 is 11.9. The molecule has 1 fully saturated rings. The molecule has 0 radical (unpaired) electrons. The first-order chi connectivity index (χ1) is 15.2. The molecule has 0 aliphatic carbocycles. The Hall–Kier alpha value is -2.11. The van der Waals surface area contributed by atoms with Crippen molar-refractivity contribution in [3.63, 3.8) is 0 Å². The van der Waals surface area contributed by atoms with Crippen LogP contribution in [0.4, 0.5) is 10.5 Å². The zero-order chi connectivity index (χ0) is 22.6. The highest BCUT2D eigenvalue weighted by atomic mass is 35.5. The van der Waals surface area contributed by atoms with Gasteiger partial charge in [-0.3, -0.25) is 0 Å². The van der Waals surface area contributed by atoms with Crippen molar-refractivity contribution in [1.29, 1.82) is 0 Å². The quantitative estimate of drug-likeness (QED) is 0.482. The average Bonchev–Trinajstić information content (AvgIpc) is 2.89. The first kappa shape index (κ1) is 21.7. The lowest BCUT2D eigenvalue weighted by molar-refractivity contribution is 0.0189. The van der Waals surface area contributed by atoms with Crippen molar-refractivity contribution in [2.45, 2.75) is 51.2 Å². The fourth-order valence-corrected chi connectivity index (χ4v) is 5.44. The molecule has 5 rings (SSSR count). The average molecular weight is 475 g/mol. The number of nitrogens with zero attached hydrogens (tertiary/aromatic N) is 2. The van der Waals surface area contributed by atoms with Gasteiger partial charge in [-0.05, 0) is 74.6 Å². The van der Waals surface area contributed by atoms with Gasteiger partial charge in [-0.15, -0.1) is 0 Å². The Morgan fingerprint density at radius 2 is 1.91 bits per heavy atom. The number of anilines is 1. The molecule has 32 heavy (non-hydrogen) atoms. The summed E-state index contributed by atoms with van der Waals surface area (Å²) in [6, 6.07) is 10.4. The third kappa shape index (κ3) is 3.90. The number of fused-ring (bicyclic) bond motifs is 3. The summed E-state index contributed by atoms with van der Waals surface area (Å²) in [6.45, 7) is 8.74. The van der Waals surface area contributed by atoms with Crippen LogP contribution in [0.5, 0.6) is 5.75 Å². The number of hydrogen-bond donors (Lipinski definition) is 0. The van der Waals surface area contributed by atoms with Crippen molar-refractivity contribution in [2.75, 3.05) is 31.1 Å². The lowest BCUT2D eigenvalue weighted by atomic mass is 9.87. The van der Waals surface area contributed by atoms with Crippen molar-refractivity contribution >= 4 is 35.0 Å². The summed E-state index contributed by atoms with van der Waals surface area (Å²) in [5.74, 6) is 1.13. The predicted molar refractivity (Wildman–Crippen MR) is 128 cm³/mol. The zero-order valence-electron chi connectivity index (χ0n) is 18.7. The van der Waals surface area contributed by atoms with E-state index in [1.54, 1.807) is 0 Å². The van der Waals surface area contributed by atoms with Crippen molar-refractivity contribution < 1.29 is 14.3 Å². The van der Waals surface area contributed by atoms with E-state index < -0.39 is 5.60 Å². The molecule has 170 valence electrons. The smallest absolute Gasteiger partial charge is 0.410 e. The van der Waals surface area contributed by atoms with E-state index in [2.05, 4.69) is 17.0 Å². The number of amides is 1. The molecule has 7 heteroatoms. The summed E-state index contributed by atoms with van der Waals surface area (Å²) in [6.07, 6.45) is 1.66. The predicted octanol–water partition coefficient (Wildman–Crippen LogP) is 6.36. The van der Waals surface area contributed by atoms with Gasteiger partial charge in [0.05, 0.1) is 22.3 Å². The summed E-state index contributed by atoms with van der Waals surface area (Å²) in [7, 11) is 0. The van der Waals surface area contributed by atoms with E-state index in [-0.39, 0.29) is 12.0 Å². The van der Waals surface area contributed by atoms with Gasteiger partial charge in [0.1, 0.15) is 11.4 Å². The van der Waals surface area contributed by atoms with Gasteiger partial charge >= 0.3 is 6.09 Å². The first-order valence-electron chi connectivity index (χ1n) is 11.2. The highest BCUT2D eigenvalue weighted by molar-refractivity contribution is 6.42. The maximum Gasteiger partial charge on any atom is 0.410 e. The van der Waals surface area contributed by atoms with Crippen molar-refractivity contribution in [3.8, 4) is 16.9 Å². The maximum atomic E-state index is 12.8. The molecule has 0 bridgehead atoms. The second kappa shape index (κ2) is 8.03. The fraction of sp³-hybridized carbons (Fsp3) is 0.480. The molecule has 0 unspecified atom stereocenters. The number of piperidine rings is 1. The molecule has 5 nitrogen and oxygen atoms in total. The van der Waals surface area contributed by atoms with Crippen molar-refractivity contribution in [3.05, 3.63) is 45.9 Å². The zero-order valence-corrected chi connectivity index (χ0v) is 20.2. The molecule has 0 N–H and O–H groups in total. The highest BCUT2D eigenvalue weighted by Crippen LogP contribution is 2.52. The Morgan fingerprint density at radius 3 is 2.66 bits per heavy atom. The Labute approximate surface area is 199 Å². The second-order valence-electron chi connectivity index (χ2n) is 9.83. The van der Waals surface area contributed by atoms with Crippen LogP contribution in [0.2, 0.25) is 10.0 Å². The molecule has 0 saturated carbocycles.